The van der Waals surface area contributed by atoms with Crippen LogP contribution in [0, 0.1) is 0 Å². The third-order valence-electron chi connectivity index (χ3n) is 3.81. The second-order valence-electron chi connectivity index (χ2n) is 6.35. The van der Waals surface area contributed by atoms with E-state index in [0.29, 0.717) is 24.7 Å². The largest absolute Gasteiger partial charge is 0.486 e. The van der Waals surface area contributed by atoms with Crippen LogP contribution >= 0.6 is 0 Å². The lowest BCUT2D eigenvalue weighted by molar-refractivity contribution is 0.0756. The van der Waals surface area contributed by atoms with Gasteiger partial charge in [-0.25, -0.2) is 0 Å². The summed E-state index contributed by atoms with van der Waals surface area (Å²) in [6.45, 7) is 5.28. The number of fused-ring (bicyclic) bond motifs is 1. The number of rotatable bonds is 9. The molecule has 142 valence electrons. The van der Waals surface area contributed by atoms with Gasteiger partial charge in [0, 0.05) is 30.8 Å². The van der Waals surface area contributed by atoms with Crippen LogP contribution in [0.5, 0.6) is 5.75 Å². The second kappa shape index (κ2) is 9.14. The van der Waals surface area contributed by atoms with Crippen LogP contribution in [0.1, 0.15) is 36.5 Å². The number of nitrogens with one attached hydrogen (secondary N) is 1. The first kappa shape index (κ1) is 18.8. The van der Waals surface area contributed by atoms with Gasteiger partial charge in [0.25, 0.3) is 5.91 Å². The summed E-state index contributed by atoms with van der Waals surface area (Å²) in [6.07, 6.45) is 2.69. The van der Waals surface area contributed by atoms with Gasteiger partial charge in [0.05, 0.1) is 11.6 Å². The summed E-state index contributed by atoms with van der Waals surface area (Å²) in [5.41, 5.74) is 1.14. The third-order valence-corrected chi connectivity index (χ3v) is 3.81. The molecule has 1 aromatic carbocycles. The normalized spacial score (nSPS) is 11.1. The maximum absolute atomic E-state index is 12.1. The van der Waals surface area contributed by atoms with Gasteiger partial charge < -0.3 is 19.3 Å². The molecule has 0 atom stereocenters. The van der Waals surface area contributed by atoms with Gasteiger partial charge in [-0.3, -0.25) is 9.78 Å². The Kier molecular flexibility index (Phi) is 6.38. The summed E-state index contributed by atoms with van der Waals surface area (Å²) in [6, 6.07) is 11.1. The minimum Gasteiger partial charge on any atom is -0.486 e. The van der Waals surface area contributed by atoms with Gasteiger partial charge in [-0.1, -0.05) is 11.2 Å². The smallest absolute Gasteiger partial charge is 0.273 e. The molecule has 0 unspecified atom stereocenters. The molecule has 0 aliphatic rings. The number of nitrogens with zero attached hydrogens (tertiary/aromatic N) is 2. The summed E-state index contributed by atoms with van der Waals surface area (Å²) >= 11 is 0. The minimum absolute atomic E-state index is 0.189. The zero-order chi connectivity index (χ0) is 19.1. The van der Waals surface area contributed by atoms with Gasteiger partial charge in [0.1, 0.15) is 12.4 Å². The summed E-state index contributed by atoms with van der Waals surface area (Å²) in [7, 11) is 0. The van der Waals surface area contributed by atoms with Gasteiger partial charge in [0.2, 0.25) is 0 Å². The molecule has 1 N–H and O–H groups in total. The number of benzene rings is 1. The van der Waals surface area contributed by atoms with Crippen LogP contribution in [-0.4, -0.2) is 35.3 Å². The topological polar surface area (TPSA) is 86.5 Å². The van der Waals surface area contributed by atoms with Crippen molar-refractivity contribution in [1.82, 2.24) is 15.5 Å². The first-order valence-corrected chi connectivity index (χ1v) is 8.95. The lowest BCUT2D eigenvalue weighted by Crippen LogP contribution is -2.25. The van der Waals surface area contributed by atoms with Crippen LogP contribution in [0.3, 0.4) is 0 Å². The fraction of sp³-hybridized carbons (Fsp3) is 0.350. The van der Waals surface area contributed by atoms with Crippen molar-refractivity contribution in [3.63, 3.8) is 0 Å². The van der Waals surface area contributed by atoms with E-state index in [-0.39, 0.29) is 24.3 Å². The summed E-state index contributed by atoms with van der Waals surface area (Å²) in [5, 5.41) is 7.58. The van der Waals surface area contributed by atoms with Crippen LogP contribution in [-0.2, 0) is 11.3 Å². The number of amides is 1. The number of aromatic nitrogens is 2. The number of hydrogen-bond acceptors (Lipinski definition) is 6. The number of hydrogen-bond donors (Lipinski definition) is 1. The van der Waals surface area contributed by atoms with E-state index in [1.165, 1.54) is 0 Å². The quantitative estimate of drug-likeness (QED) is 0.582. The van der Waals surface area contributed by atoms with Crippen LogP contribution < -0.4 is 10.1 Å². The first-order valence-electron chi connectivity index (χ1n) is 8.95. The van der Waals surface area contributed by atoms with Crippen molar-refractivity contribution >= 4 is 16.8 Å². The molecule has 0 bridgehead atoms. The van der Waals surface area contributed by atoms with Crippen molar-refractivity contribution in [2.24, 2.45) is 0 Å². The van der Waals surface area contributed by atoms with Crippen molar-refractivity contribution < 1.29 is 18.8 Å². The Bertz CT molecular complexity index is 892. The summed E-state index contributed by atoms with van der Waals surface area (Å²) < 4.78 is 16.3. The fourth-order valence-corrected chi connectivity index (χ4v) is 2.47. The van der Waals surface area contributed by atoms with E-state index in [4.69, 9.17) is 14.0 Å². The fourth-order valence-electron chi connectivity index (χ4n) is 2.47. The van der Waals surface area contributed by atoms with Gasteiger partial charge in [-0.05, 0) is 44.5 Å². The molecule has 0 saturated carbocycles. The predicted octanol–water partition coefficient (Wildman–Crippen LogP) is 3.35. The Morgan fingerprint density at radius 3 is 3.00 bits per heavy atom. The van der Waals surface area contributed by atoms with Crippen LogP contribution in [0.2, 0.25) is 0 Å². The maximum atomic E-state index is 12.1. The minimum atomic E-state index is -0.272. The number of carbonyl (C=O) groups is 1. The van der Waals surface area contributed by atoms with Crippen LogP contribution in [0.25, 0.3) is 10.9 Å². The van der Waals surface area contributed by atoms with E-state index >= 15 is 0 Å². The van der Waals surface area contributed by atoms with Crippen molar-refractivity contribution in [1.29, 1.82) is 0 Å². The zero-order valence-corrected chi connectivity index (χ0v) is 15.5. The van der Waals surface area contributed by atoms with E-state index in [9.17, 15) is 4.79 Å². The molecule has 7 heteroatoms. The zero-order valence-electron chi connectivity index (χ0n) is 15.5. The van der Waals surface area contributed by atoms with Crippen molar-refractivity contribution in [2.75, 3.05) is 13.2 Å². The number of carbonyl (C=O) groups excluding carboxylic acids is 1. The Morgan fingerprint density at radius 2 is 2.15 bits per heavy atom. The lowest BCUT2D eigenvalue weighted by Gasteiger charge is -2.07. The van der Waals surface area contributed by atoms with Gasteiger partial charge in [0.15, 0.2) is 11.5 Å². The van der Waals surface area contributed by atoms with Crippen molar-refractivity contribution in [3.8, 4) is 5.75 Å². The Labute approximate surface area is 157 Å². The van der Waals surface area contributed by atoms with E-state index in [0.717, 1.165) is 17.3 Å². The average Bonchev–Trinajstić information content (AvgIpc) is 3.15. The first-order chi connectivity index (χ1) is 13.1. The lowest BCUT2D eigenvalue weighted by atomic mass is 10.2. The molecular formula is C20H23N3O4. The molecule has 3 rings (SSSR count). The molecule has 0 fully saturated rings. The number of pyridine rings is 1. The molecule has 0 spiro atoms. The van der Waals surface area contributed by atoms with Crippen molar-refractivity contribution in [3.05, 3.63) is 54.0 Å². The standard InChI is InChI=1S/C20H23N3O4/c1-14(2)25-10-4-9-22-20(24)19-12-17(27-23-19)13-26-16-6-7-18-15(11-16)5-3-8-21-18/h3,5-8,11-12,14H,4,9-10,13H2,1-2H3,(H,22,24). The SMILES string of the molecule is CC(C)OCCCNC(=O)c1cc(COc2ccc3ncccc3c2)on1. The Morgan fingerprint density at radius 1 is 1.26 bits per heavy atom. The molecule has 0 radical (unpaired) electrons. The van der Waals surface area contributed by atoms with E-state index in [1.807, 2.05) is 44.2 Å². The molecular weight excluding hydrogens is 346 g/mol. The predicted molar refractivity (Wildman–Crippen MR) is 101 cm³/mol. The molecule has 0 aliphatic carbocycles. The summed E-state index contributed by atoms with van der Waals surface area (Å²) in [4.78, 5) is 16.3. The molecule has 1 amide bonds. The molecule has 2 heterocycles. The maximum Gasteiger partial charge on any atom is 0.273 e. The Balaban J connectivity index is 1.47. The van der Waals surface area contributed by atoms with E-state index < -0.39 is 0 Å². The van der Waals surface area contributed by atoms with Crippen LogP contribution in [0.4, 0.5) is 0 Å². The van der Waals surface area contributed by atoms with Crippen molar-refractivity contribution in [2.45, 2.75) is 33.0 Å². The van der Waals surface area contributed by atoms with Gasteiger partial charge in [-0.15, -0.1) is 0 Å². The highest BCUT2D eigenvalue weighted by atomic mass is 16.5. The highest BCUT2D eigenvalue weighted by Gasteiger charge is 2.12. The molecule has 2 aromatic heterocycles. The van der Waals surface area contributed by atoms with Gasteiger partial charge >= 0.3 is 0 Å². The third kappa shape index (κ3) is 5.52. The highest BCUT2D eigenvalue weighted by Crippen LogP contribution is 2.20. The molecule has 0 aliphatic heterocycles. The second-order valence-corrected chi connectivity index (χ2v) is 6.35. The van der Waals surface area contributed by atoms with E-state index in [2.05, 4.69) is 15.5 Å². The average molecular weight is 369 g/mol. The molecule has 0 saturated heterocycles. The summed E-state index contributed by atoms with van der Waals surface area (Å²) in [5.74, 6) is 0.906. The van der Waals surface area contributed by atoms with E-state index in [1.54, 1.807) is 12.3 Å². The molecule has 27 heavy (non-hydrogen) atoms. The van der Waals surface area contributed by atoms with Gasteiger partial charge in [-0.2, -0.15) is 0 Å². The molecule has 7 nitrogen and oxygen atoms in total. The number of ether oxygens (including phenoxy) is 2. The highest BCUT2D eigenvalue weighted by molar-refractivity contribution is 5.92. The van der Waals surface area contributed by atoms with Crippen LogP contribution in [0.15, 0.2) is 47.1 Å². The molecule has 3 aromatic rings. The monoisotopic (exact) mass is 369 g/mol. The Hall–Kier alpha value is -2.93.